The first-order chi connectivity index (χ1) is 11.1. The smallest absolute Gasteiger partial charge is 0.295 e. The van der Waals surface area contributed by atoms with Crippen molar-refractivity contribution in [3.8, 4) is 0 Å². The van der Waals surface area contributed by atoms with Gasteiger partial charge in [0.05, 0.1) is 16.9 Å². The zero-order valence-electron chi connectivity index (χ0n) is 12.1. The molecule has 0 spiro atoms. The molecule has 1 amide bonds. The highest BCUT2D eigenvalue weighted by Crippen LogP contribution is 2.34. The fraction of sp³-hybridized carbons (Fsp3) is 0.188. The number of carbonyl (C=O) groups excluding carboxylic acids is 1. The van der Waals surface area contributed by atoms with E-state index in [2.05, 4.69) is 10.6 Å². The van der Waals surface area contributed by atoms with Crippen LogP contribution in [-0.4, -0.2) is 17.4 Å². The average molecular weight is 315 g/mol. The Labute approximate surface area is 131 Å². The Hall–Kier alpha value is -2.96. The van der Waals surface area contributed by atoms with Crippen LogP contribution >= 0.6 is 0 Å². The van der Waals surface area contributed by atoms with E-state index >= 15 is 0 Å². The van der Waals surface area contributed by atoms with Gasteiger partial charge in [0.2, 0.25) is 5.91 Å². The number of anilines is 2. The van der Waals surface area contributed by atoms with Gasteiger partial charge in [0.25, 0.3) is 5.69 Å². The maximum Gasteiger partial charge on any atom is 0.295 e. The van der Waals surface area contributed by atoms with Crippen LogP contribution in [-0.2, 0) is 4.79 Å². The number of nitrogens with zero attached hydrogens (tertiary/aromatic N) is 1. The molecule has 1 aliphatic heterocycles. The second-order valence-electron chi connectivity index (χ2n) is 5.26. The van der Waals surface area contributed by atoms with Crippen molar-refractivity contribution in [3.63, 3.8) is 0 Å². The molecule has 1 unspecified atom stereocenters. The van der Waals surface area contributed by atoms with Crippen molar-refractivity contribution in [1.82, 2.24) is 0 Å². The van der Waals surface area contributed by atoms with Crippen LogP contribution in [0.1, 0.15) is 17.9 Å². The van der Waals surface area contributed by atoms with Gasteiger partial charge < -0.3 is 10.6 Å². The van der Waals surface area contributed by atoms with Crippen LogP contribution in [0.5, 0.6) is 0 Å². The van der Waals surface area contributed by atoms with Gasteiger partial charge in [0, 0.05) is 12.2 Å². The minimum atomic E-state index is -0.661. The molecule has 7 heteroatoms. The number of halogens is 1. The average Bonchev–Trinajstić information content (AvgIpc) is 2.84. The molecule has 0 aromatic heterocycles. The lowest BCUT2D eigenvalue weighted by Crippen LogP contribution is -2.16. The third-order valence-electron chi connectivity index (χ3n) is 3.82. The van der Waals surface area contributed by atoms with E-state index in [1.807, 2.05) is 24.3 Å². The summed E-state index contributed by atoms with van der Waals surface area (Å²) in [6.07, 6.45) is 0.484. The van der Waals surface area contributed by atoms with E-state index in [1.165, 1.54) is 6.07 Å². The van der Waals surface area contributed by atoms with Crippen molar-refractivity contribution < 1.29 is 14.1 Å². The molecular formula is C16H14FN3O3. The Kier molecular flexibility index (Phi) is 3.92. The topological polar surface area (TPSA) is 84.3 Å². The number of benzene rings is 2. The van der Waals surface area contributed by atoms with Crippen LogP contribution in [0.3, 0.4) is 0 Å². The number of rotatable bonds is 5. The Morgan fingerprint density at radius 3 is 2.83 bits per heavy atom. The second kappa shape index (κ2) is 6.04. The molecule has 3 rings (SSSR count). The maximum absolute atomic E-state index is 13.1. The molecular weight excluding hydrogens is 301 g/mol. The van der Waals surface area contributed by atoms with Gasteiger partial charge in [-0.15, -0.1) is 0 Å². The van der Waals surface area contributed by atoms with Gasteiger partial charge in [0.1, 0.15) is 11.5 Å². The zero-order valence-corrected chi connectivity index (χ0v) is 12.1. The number of amides is 1. The van der Waals surface area contributed by atoms with E-state index in [4.69, 9.17) is 0 Å². The zero-order chi connectivity index (χ0) is 16.4. The highest BCUT2D eigenvalue weighted by Gasteiger charge is 2.29. The van der Waals surface area contributed by atoms with Crippen LogP contribution in [0.4, 0.5) is 21.5 Å². The predicted molar refractivity (Wildman–Crippen MR) is 84.0 cm³/mol. The Morgan fingerprint density at radius 2 is 2.04 bits per heavy atom. The molecule has 0 saturated heterocycles. The van der Waals surface area contributed by atoms with Gasteiger partial charge >= 0.3 is 0 Å². The largest absolute Gasteiger partial charge is 0.379 e. The number of fused-ring (bicyclic) bond motifs is 1. The summed E-state index contributed by atoms with van der Waals surface area (Å²) >= 11 is 0. The van der Waals surface area contributed by atoms with Crippen LogP contribution < -0.4 is 10.6 Å². The summed E-state index contributed by atoms with van der Waals surface area (Å²) < 4.78 is 13.1. The maximum atomic E-state index is 13.1. The monoisotopic (exact) mass is 315 g/mol. The lowest BCUT2D eigenvalue weighted by molar-refractivity contribution is -0.384. The van der Waals surface area contributed by atoms with Gasteiger partial charge in [-0.1, -0.05) is 18.2 Å². The number of carbonyl (C=O) groups is 1. The van der Waals surface area contributed by atoms with E-state index in [1.54, 1.807) is 0 Å². The molecule has 1 atom stereocenters. The van der Waals surface area contributed by atoms with Gasteiger partial charge in [0.15, 0.2) is 0 Å². The normalized spacial score (nSPS) is 15.9. The number of para-hydroxylation sites is 1. The molecule has 2 N–H and O–H groups in total. The Bertz CT molecular complexity index is 779. The number of hydrogen-bond acceptors (Lipinski definition) is 4. The van der Waals surface area contributed by atoms with E-state index < -0.39 is 10.7 Å². The van der Waals surface area contributed by atoms with E-state index in [0.717, 1.165) is 23.4 Å². The van der Waals surface area contributed by atoms with Crippen molar-refractivity contribution in [2.24, 2.45) is 0 Å². The van der Waals surface area contributed by atoms with E-state index in [0.29, 0.717) is 13.0 Å². The third-order valence-corrected chi connectivity index (χ3v) is 3.82. The minimum Gasteiger partial charge on any atom is -0.379 e. The molecule has 0 bridgehead atoms. The summed E-state index contributed by atoms with van der Waals surface area (Å²) in [7, 11) is 0. The van der Waals surface area contributed by atoms with Crippen LogP contribution in [0.25, 0.3) is 0 Å². The molecule has 23 heavy (non-hydrogen) atoms. The molecule has 0 aliphatic carbocycles. The molecule has 6 nitrogen and oxygen atoms in total. The van der Waals surface area contributed by atoms with Crippen LogP contribution in [0.2, 0.25) is 0 Å². The van der Waals surface area contributed by atoms with E-state index in [9.17, 15) is 19.3 Å². The Morgan fingerprint density at radius 1 is 1.26 bits per heavy atom. The quantitative estimate of drug-likeness (QED) is 0.655. The summed E-state index contributed by atoms with van der Waals surface area (Å²) in [5.74, 6) is -1.04. The highest BCUT2D eigenvalue weighted by atomic mass is 19.1. The van der Waals surface area contributed by atoms with E-state index in [-0.39, 0.29) is 23.2 Å². The molecule has 0 saturated carbocycles. The lowest BCUT2D eigenvalue weighted by Gasteiger charge is -2.11. The molecule has 1 heterocycles. The number of nitrogens with one attached hydrogen (secondary N) is 2. The van der Waals surface area contributed by atoms with Gasteiger partial charge in [-0.3, -0.25) is 14.9 Å². The lowest BCUT2D eigenvalue weighted by atomic mass is 9.97. The van der Waals surface area contributed by atoms with Crippen LogP contribution in [0.15, 0.2) is 42.5 Å². The summed E-state index contributed by atoms with van der Waals surface area (Å²) in [6.45, 7) is 0.360. The van der Waals surface area contributed by atoms with Crippen molar-refractivity contribution in [2.75, 3.05) is 17.2 Å². The van der Waals surface area contributed by atoms with Gasteiger partial charge in [-0.05, 0) is 30.2 Å². The first kappa shape index (κ1) is 15.0. The fourth-order valence-electron chi connectivity index (χ4n) is 2.72. The minimum absolute atomic E-state index is 0.0818. The summed E-state index contributed by atoms with van der Waals surface area (Å²) in [6, 6.07) is 10.8. The van der Waals surface area contributed by atoms with Gasteiger partial charge in [-0.25, -0.2) is 4.39 Å². The van der Waals surface area contributed by atoms with Crippen molar-refractivity contribution in [1.29, 1.82) is 0 Å². The van der Waals surface area contributed by atoms with Gasteiger partial charge in [-0.2, -0.15) is 0 Å². The predicted octanol–water partition coefficient (Wildman–Crippen LogP) is 3.27. The molecule has 1 aliphatic rings. The van der Waals surface area contributed by atoms with Crippen LogP contribution in [0, 0.1) is 15.9 Å². The highest BCUT2D eigenvalue weighted by molar-refractivity contribution is 6.02. The summed E-state index contributed by atoms with van der Waals surface area (Å²) in [4.78, 5) is 22.3. The second-order valence-corrected chi connectivity index (χ2v) is 5.26. The number of hydrogen-bond donors (Lipinski definition) is 2. The summed E-state index contributed by atoms with van der Waals surface area (Å²) in [5.41, 5.74) is 1.65. The third kappa shape index (κ3) is 2.98. The molecule has 0 fully saturated rings. The Balaban J connectivity index is 1.69. The molecule has 2 aromatic rings. The SMILES string of the molecule is O=C1Nc2ccccc2C1CCNc1ccc(F)cc1[N+](=O)[O-]. The van der Waals surface area contributed by atoms with Crippen molar-refractivity contribution in [3.05, 3.63) is 64.0 Å². The number of nitro groups is 1. The summed E-state index contributed by atoms with van der Waals surface area (Å²) in [5, 5.41) is 16.7. The standard InChI is InChI=1S/C16H14FN3O3/c17-10-5-6-14(15(9-10)20(22)23)18-8-7-12-11-3-1-2-4-13(11)19-16(12)21/h1-6,9,12,18H,7-8H2,(H,19,21). The first-order valence-corrected chi connectivity index (χ1v) is 7.14. The fourth-order valence-corrected chi connectivity index (χ4v) is 2.72. The van der Waals surface area contributed by atoms with Crippen molar-refractivity contribution in [2.45, 2.75) is 12.3 Å². The first-order valence-electron chi connectivity index (χ1n) is 7.14. The van der Waals surface area contributed by atoms with Crippen molar-refractivity contribution >= 4 is 23.0 Å². The molecule has 2 aromatic carbocycles. The molecule has 0 radical (unpaired) electrons. The molecule has 118 valence electrons. The number of nitro benzene ring substituents is 1.